The van der Waals surface area contributed by atoms with Crippen LogP contribution >= 0.6 is 0 Å². The first-order valence-electron chi connectivity index (χ1n) is 6.46. The van der Waals surface area contributed by atoms with Crippen molar-refractivity contribution in [2.75, 3.05) is 6.61 Å². The molecule has 0 aliphatic carbocycles. The molecule has 2 aromatic rings. The second-order valence-corrected chi connectivity index (χ2v) is 4.29. The number of furan rings is 1. The number of carbonyl (C=O) groups excluding carboxylic acids is 2. The molecule has 1 aromatic heterocycles. The largest absolute Gasteiger partial charge is 0.465 e. The van der Waals surface area contributed by atoms with E-state index in [9.17, 15) is 9.59 Å². The Balaban J connectivity index is 2.20. The van der Waals surface area contributed by atoms with Crippen molar-refractivity contribution in [3.63, 3.8) is 0 Å². The van der Waals surface area contributed by atoms with Crippen LogP contribution in [0.3, 0.4) is 0 Å². The highest BCUT2D eigenvalue weighted by atomic mass is 16.3. The van der Waals surface area contributed by atoms with Crippen LogP contribution in [0.1, 0.15) is 22.5 Å². The number of hydrogen-bond acceptors (Lipinski definition) is 4. The zero-order chi connectivity index (χ0) is 15.1. The van der Waals surface area contributed by atoms with Gasteiger partial charge in [-0.3, -0.25) is 9.59 Å². The summed E-state index contributed by atoms with van der Waals surface area (Å²) in [6, 6.07) is 11.9. The molecule has 108 valence electrons. The van der Waals surface area contributed by atoms with Crippen molar-refractivity contribution < 1.29 is 19.1 Å². The van der Waals surface area contributed by atoms with Gasteiger partial charge >= 0.3 is 0 Å². The molecule has 0 aliphatic heterocycles. The first-order chi connectivity index (χ1) is 10.2. The van der Waals surface area contributed by atoms with Gasteiger partial charge < -0.3 is 14.8 Å². The molecule has 0 fully saturated rings. The van der Waals surface area contributed by atoms with Crippen molar-refractivity contribution in [1.29, 1.82) is 0 Å². The molecule has 0 spiro atoms. The molecule has 0 radical (unpaired) electrons. The summed E-state index contributed by atoms with van der Waals surface area (Å²) in [5.41, 5.74) is 0.535. The Morgan fingerprint density at radius 2 is 1.90 bits per heavy atom. The lowest BCUT2D eigenvalue weighted by atomic mass is 10.1. The molecule has 21 heavy (non-hydrogen) atoms. The fourth-order valence-corrected chi connectivity index (χ4v) is 1.72. The summed E-state index contributed by atoms with van der Waals surface area (Å²) >= 11 is 0. The van der Waals surface area contributed by atoms with Gasteiger partial charge in [0.2, 0.25) is 0 Å². The first kappa shape index (κ1) is 14.7. The predicted molar refractivity (Wildman–Crippen MR) is 77.3 cm³/mol. The van der Waals surface area contributed by atoms with Crippen molar-refractivity contribution in [2.24, 2.45) is 0 Å². The molecule has 0 unspecified atom stereocenters. The fourth-order valence-electron chi connectivity index (χ4n) is 1.72. The number of carbonyl (C=O) groups is 2. The van der Waals surface area contributed by atoms with E-state index in [1.165, 1.54) is 12.3 Å². The molecule has 2 rings (SSSR count). The van der Waals surface area contributed by atoms with E-state index >= 15 is 0 Å². The van der Waals surface area contributed by atoms with Gasteiger partial charge in [-0.25, -0.2) is 0 Å². The quantitative estimate of drug-likeness (QED) is 0.796. The van der Waals surface area contributed by atoms with Gasteiger partial charge in [0.1, 0.15) is 5.76 Å². The van der Waals surface area contributed by atoms with Crippen molar-refractivity contribution >= 4 is 17.8 Å². The Morgan fingerprint density at radius 1 is 1.14 bits per heavy atom. The smallest absolute Gasteiger partial charge is 0.255 e. The predicted octanol–water partition coefficient (Wildman–Crippen LogP) is 2.00. The minimum absolute atomic E-state index is 0.0678. The maximum Gasteiger partial charge on any atom is 0.255 e. The zero-order valence-electron chi connectivity index (χ0n) is 11.3. The van der Waals surface area contributed by atoms with Crippen LogP contribution in [-0.2, 0) is 4.79 Å². The molecule has 0 saturated carbocycles. The summed E-state index contributed by atoms with van der Waals surface area (Å²) in [5.74, 6) is -0.303. The highest BCUT2D eigenvalue weighted by Crippen LogP contribution is 2.09. The highest BCUT2D eigenvalue weighted by Gasteiger charge is 2.14. The molecular weight excluding hydrogens is 270 g/mol. The van der Waals surface area contributed by atoms with E-state index in [1.807, 2.05) is 0 Å². The van der Waals surface area contributed by atoms with Crippen molar-refractivity contribution in [2.45, 2.75) is 6.42 Å². The van der Waals surface area contributed by atoms with E-state index < -0.39 is 0 Å². The summed E-state index contributed by atoms with van der Waals surface area (Å²) in [4.78, 5) is 24.0. The van der Waals surface area contributed by atoms with Gasteiger partial charge in [0, 0.05) is 18.1 Å². The van der Waals surface area contributed by atoms with Crippen LogP contribution in [0.15, 0.2) is 58.8 Å². The van der Waals surface area contributed by atoms with Crippen LogP contribution in [0.25, 0.3) is 6.08 Å². The molecule has 0 bridgehead atoms. The number of hydrogen-bond donors (Lipinski definition) is 2. The van der Waals surface area contributed by atoms with Gasteiger partial charge in [-0.1, -0.05) is 18.2 Å². The van der Waals surface area contributed by atoms with Crippen molar-refractivity contribution in [3.8, 4) is 0 Å². The van der Waals surface area contributed by atoms with Gasteiger partial charge in [-0.15, -0.1) is 0 Å². The average molecular weight is 285 g/mol. The maximum atomic E-state index is 12.1. The highest BCUT2D eigenvalue weighted by molar-refractivity contribution is 6.06. The topological polar surface area (TPSA) is 79.5 Å². The van der Waals surface area contributed by atoms with E-state index in [4.69, 9.17) is 9.52 Å². The summed E-state index contributed by atoms with van der Waals surface area (Å²) in [5, 5.41) is 11.4. The number of allylic oxidation sites excluding steroid dienone is 1. The van der Waals surface area contributed by atoms with Gasteiger partial charge in [-0.2, -0.15) is 0 Å². The molecule has 1 aromatic carbocycles. The molecule has 5 nitrogen and oxygen atoms in total. The minimum atomic E-state index is -0.389. The molecule has 0 saturated heterocycles. The normalized spacial score (nSPS) is 11.2. The Hall–Kier alpha value is -2.66. The molecule has 1 amide bonds. The molecule has 0 aliphatic rings. The lowest BCUT2D eigenvalue weighted by molar-refractivity contribution is -0.116. The number of benzene rings is 1. The van der Waals surface area contributed by atoms with Crippen LogP contribution in [0.4, 0.5) is 0 Å². The number of aliphatic hydroxyl groups excluding tert-OH is 1. The molecule has 2 N–H and O–H groups in total. The van der Waals surface area contributed by atoms with E-state index in [-0.39, 0.29) is 30.4 Å². The van der Waals surface area contributed by atoms with Gasteiger partial charge in [0.25, 0.3) is 5.91 Å². The lowest BCUT2D eigenvalue weighted by Crippen LogP contribution is -2.27. The third kappa shape index (κ3) is 4.15. The van der Waals surface area contributed by atoms with Gasteiger partial charge in [0.05, 0.1) is 18.6 Å². The minimum Gasteiger partial charge on any atom is -0.465 e. The fraction of sp³-hybridized carbons (Fsp3) is 0.125. The van der Waals surface area contributed by atoms with Crippen molar-refractivity contribution in [1.82, 2.24) is 5.32 Å². The Kier molecular flexibility index (Phi) is 5.06. The second kappa shape index (κ2) is 7.21. The van der Waals surface area contributed by atoms with E-state index in [0.29, 0.717) is 11.3 Å². The third-order valence-electron chi connectivity index (χ3n) is 2.75. The molecule has 1 heterocycles. The van der Waals surface area contributed by atoms with Crippen LogP contribution in [-0.4, -0.2) is 23.4 Å². The lowest BCUT2D eigenvalue weighted by Gasteiger charge is -2.08. The third-order valence-corrected chi connectivity index (χ3v) is 2.75. The average Bonchev–Trinajstić information content (AvgIpc) is 3.00. The van der Waals surface area contributed by atoms with Gasteiger partial charge in [0.15, 0.2) is 5.78 Å². The SMILES string of the molecule is O=C(CCO)C(=Cc1ccco1)NC(=O)c1ccccc1. The van der Waals surface area contributed by atoms with Crippen LogP contribution in [0.5, 0.6) is 0 Å². The van der Waals surface area contributed by atoms with Gasteiger partial charge in [-0.05, 0) is 24.3 Å². The number of ketones is 1. The summed E-state index contributed by atoms with van der Waals surface area (Å²) in [7, 11) is 0. The number of nitrogens with one attached hydrogen (secondary N) is 1. The maximum absolute atomic E-state index is 12.1. The summed E-state index contributed by atoms with van der Waals surface area (Å²) in [6.45, 7) is -0.282. The second-order valence-electron chi connectivity index (χ2n) is 4.29. The Labute approximate surface area is 121 Å². The number of amides is 1. The van der Waals surface area contributed by atoms with E-state index in [2.05, 4.69) is 5.32 Å². The van der Waals surface area contributed by atoms with Crippen molar-refractivity contribution in [3.05, 3.63) is 65.7 Å². The standard InChI is InChI=1S/C16H15NO4/c18-9-8-15(19)14(11-13-7-4-10-21-13)17-16(20)12-5-2-1-3-6-12/h1-7,10-11,18H,8-9H2,(H,17,20). The van der Waals surface area contributed by atoms with Crippen LogP contribution in [0.2, 0.25) is 0 Å². The first-order valence-corrected chi connectivity index (χ1v) is 6.46. The number of rotatable bonds is 6. The number of aliphatic hydroxyl groups is 1. The van der Waals surface area contributed by atoms with E-state index in [0.717, 1.165) is 0 Å². The van der Waals surface area contributed by atoms with Crippen LogP contribution in [0, 0.1) is 0 Å². The van der Waals surface area contributed by atoms with Crippen LogP contribution < -0.4 is 5.32 Å². The Bertz CT molecular complexity index is 630. The molecular formula is C16H15NO4. The van der Waals surface area contributed by atoms with E-state index in [1.54, 1.807) is 42.5 Å². The number of Topliss-reactive ketones (excluding diaryl/α,β-unsaturated/α-hetero) is 1. The molecule has 5 heteroatoms. The summed E-state index contributed by atoms with van der Waals surface area (Å²) < 4.78 is 5.14. The molecule has 0 atom stereocenters. The zero-order valence-corrected chi connectivity index (χ0v) is 11.3. The monoisotopic (exact) mass is 285 g/mol. The summed E-state index contributed by atoms with van der Waals surface area (Å²) in [6.07, 6.45) is 2.85. The Morgan fingerprint density at radius 3 is 2.52 bits per heavy atom.